The number of rotatable bonds is 4. The van der Waals surface area contributed by atoms with Crippen LogP contribution in [-0.4, -0.2) is 11.7 Å². The zero-order valence-electron chi connectivity index (χ0n) is 10.4. The molecule has 1 N–H and O–H groups in total. The Morgan fingerprint density at radius 3 is 2.74 bits per heavy atom. The minimum atomic E-state index is -0.922. The molecule has 0 aliphatic rings. The molecule has 100 valence electrons. The normalized spacial score (nSPS) is 12.2. The van der Waals surface area contributed by atoms with Gasteiger partial charge in [-0.25, -0.2) is 4.39 Å². The van der Waals surface area contributed by atoms with Crippen LogP contribution in [-0.2, 0) is 0 Å². The third-order valence-corrected chi connectivity index (χ3v) is 3.22. The highest BCUT2D eigenvalue weighted by Crippen LogP contribution is 2.32. The maximum absolute atomic E-state index is 13.2. The highest BCUT2D eigenvalue weighted by molar-refractivity contribution is 9.10. The van der Waals surface area contributed by atoms with Gasteiger partial charge in [0.15, 0.2) is 0 Å². The van der Waals surface area contributed by atoms with E-state index in [1.54, 1.807) is 24.3 Å². The minimum Gasteiger partial charge on any atom is -0.493 e. The predicted molar refractivity (Wildman–Crippen MR) is 75.8 cm³/mol. The standard InChI is InChI=1S/C15H14BrFO2/c1-2-19-14-7-6-11(16)9-13(14)15(18)10-4-3-5-12(17)8-10/h3-9,15,18H,2H2,1H3. The molecule has 2 nitrogen and oxygen atoms in total. The summed E-state index contributed by atoms with van der Waals surface area (Å²) >= 11 is 3.36. The molecule has 0 radical (unpaired) electrons. The molecule has 0 spiro atoms. The van der Waals surface area contributed by atoms with Crippen molar-refractivity contribution in [1.82, 2.24) is 0 Å². The quantitative estimate of drug-likeness (QED) is 0.918. The first kappa shape index (κ1) is 14.0. The van der Waals surface area contributed by atoms with E-state index in [0.29, 0.717) is 23.5 Å². The van der Waals surface area contributed by atoms with E-state index in [1.807, 2.05) is 13.0 Å². The second-order valence-corrected chi connectivity index (χ2v) is 4.99. The third kappa shape index (κ3) is 3.33. The highest BCUT2D eigenvalue weighted by atomic mass is 79.9. The Bertz CT molecular complexity index is 572. The van der Waals surface area contributed by atoms with Crippen LogP contribution in [0.2, 0.25) is 0 Å². The van der Waals surface area contributed by atoms with Crippen molar-refractivity contribution in [1.29, 1.82) is 0 Å². The van der Waals surface area contributed by atoms with Gasteiger partial charge in [0.1, 0.15) is 17.7 Å². The average Bonchev–Trinajstić information content (AvgIpc) is 2.40. The summed E-state index contributed by atoms with van der Waals surface area (Å²) in [5.41, 5.74) is 1.11. The molecular weight excluding hydrogens is 311 g/mol. The zero-order chi connectivity index (χ0) is 13.8. The minimum absolute atomic E-state index is 0.371. The van der Waals surface area contributed by atoms with Gasteiger partial charge in [-0.05, 0) is 42.8 Å². The first-order chi connectivity index (χ1) is 9.11. The Balaban J connectivity index is 2.42. The van der Waals surface area contributed by atoms with Crippen molar-refractivity contribution in [2.45, 2.75) is 13.0 Å². The summed E-state index contributed by atoms with van der Waals surface area (Å²) in [5.74, 6) is 0.229. The van der Waals surface area contributed by atoms with Crippen LogP contribution in [0.15, 0.2) is 46.9 Å². The van der Waals surface area contributed by atoms with Gasteiger partial charge in [0.25, 0.3) is 0 Å². The summed E-state index contributed by atoms with van der Waals surface area (Å²) in [6, 6.07) is 11.3. The molecule has 0 aromatic heterocycles. The lowest BCUT2D eigenvalue weighted by molar-refractivity contribution is 0.211. The average molecular weight is 325 g/mol. The van der Waals surface area contributed by atoms with Gasteiger partial charge >= 0.3 is 0 Å². The molecule has 2 rings (SSSR count). The first-order valence-electron chi connectivity index (χ1n) is 5.97. The van der Waals surface area contributed by atoms with Gasteiger partial charge in [0, 0.05) is 10.0 Å². The Morgan fingerprint density at radius 1 is 1.26 bits per heavy atom. The maximum atomic E-state index is 13.2. The van der Waals surface area contributed by atoms with E-state index in [1.165, 1.54) is 12.1 Å². The van der Waals surface area contributed by atoms with Crippen molar-refractivity contribution in [3.8, 4) is 5.75 Å². The fourth-order valence-corrected chi connectivity index (χ4v) is 2.25. The van der Waals surface area contributed by atoms with E-state index in [2.05, 4.69) is 15.9 Å². The molecule has 4 heteroatoms. The summed E-state index contributed by atoms with van der Waals surface area (Å²) in [5, 5.41) is 10.4. The van der Waals surface area contributed by atoms with Crippen LogP contribution in [0, 0.1) is 5.82 Å². The molecule has 0 bridgehead atoms. The molecule has 0 saturated heterocycles. The van der Waals surface area contributed by atoms with Gasteiger partial charge in [0.2, 0.25) is 0 Å². The van der Waals surface area contributed by atoms with Gasteiger partial charge in [-0.3, -0.25) is 0 Å². The lowest BCUT2D eigenvalue weighted by atomic mass is 10.0. The zero-order valence-corrected chi connectivity index (χ0v) is 12.0. The fraction of sp³-hybridized carbons (Fsp3) is 0.200. The van der Waals surface area contributed by atoms with Gasteiger partial charge in [-0.15, -0.1) is 0 Å². The number of aliphatic hydroxyl groups excluding tert-OH is 1. The Hall–Kier alpha value is -1.39. The first-order valence-corrected chi connectivity index (χ1v) is 6.77. The van der Waals surface area contributed by atoms with Crippen molar-refractivity contribution in [2.24, 2.45) is 0 Å². The summed E-state index contributed by atoms with van der Waals surface area (Å²) in [4.78, 5) is 0. The highest BCUT2D eigenvalue weighted by Gasteiger charge is 2.16. The van der Waals surface area contributed by atoms with Crippen LogP contribution in [0.1, 0.15) is 24.2 Å². The molecule has 0 aliphatic carbocycles. The van der Waals surface area contributed by atoms with E-state index >= 15 is 0 Å². The van der Waals surface area contributed by atoms with Crippen LogP contribution in [0.4, 0.5) is 4.39 Å². The Kier molecular flexibility index (Phi) is 4.56. The molecule has 2 aromatic rings. The van der Waals surface area contributed by atoms with Gasteiger partial charge in [-0.2, -0.15) is 0 Å². The molecule has 1 unspecified atom stereocenters. The second-order valence-electron chi connectivity index (χ2n) is 4.07. The van der Waals surface area contributed by atoms with E-state index in [-0.39, 0.29) is 5.82 Å². The number of aliphatic hydroxyl groups is 1. The van der Waals surface area contributed by atoms with Gasteiger partial charge in [0.05, 0.1) is 6.61 Å². The van der Waals surface area contributed by atoms with Crippen molar-refractivity contribution in [2.75, 3.05) is 6.61 Å². The molecule has 0 amide bonds. The van der Waals surface area contributed by atoms with Crippen molar-refractivity contribution in [3.63, 3.8) is 0 Å². The molecule has 19 heavy (non-hydrogen) atoms. The summed E-state index contributed by atoms with van der Waals surface area (Å²) in [7, 11) is 0. The van der Waals surface area contributed by atoms with Gasteiger partial charge < -0.3 is 9.84 Å². The molecular formula is C15H14BrFO2. The third-order valence-electron chi connectivity index (χ3n) is 2.73. The van der Waals surface area contributed by atoms with E-state index in [9.17, 15) is 9.50 Å². The fourth-order valence-electron chi connectivity index (χ4n) is 1.88. The van der Waals surface area contributed by atoms with E-state index in [0.717, 1.165) is 4.47 Å². The summed E-state index contributed by atoms with van der Waals surface area (Å²) < 4.78 is 19.5. The van der Waals surface area contributed by atoms with Crippen LogP contribution in [0.25, 0.3) is 0 Å². The number of ether oxygens (including phenoxy) is 1. The molecule has 2 aromatic carbocycles. The summed E-state index contributed by atoms with van der Waals surface area (Å²) in [6.45, 7) is 2.38. The second kappa shape index (κ2) is 6.17. The Morgan fingerprint density at radius 2 is 2.05 bits per heavy atom. The number of hydrogen-bond acceptors (Lipinski definition) is 2. The molecule has 0 fully saturated rings. The van der Waals surface area contributed by atoms with Crippen molar-refractivity contribution in [3.05, 3.63) is 63.9 Å². The smallest absolute Gasteiger partial charge is 0.125 e. The summed E-state index contributed by atoms with van der Waals surface area (Å²) in [6.07, 6.45) is -0.922. The van der Waals surface area contributed by atoms with Crippen LogP contribution in [0.5, 0.6) is 5.75 Å². The molecule has 0 heterocycles. The number of benzene rings is 2. The van der Waals surface area contributed by atoms with Crippen molar-refractivity contribution < 1.29 is 14.2 Å². The lowest BCUT2D eigenvalue weighted by Crippen LogP contribution is -2.04. The van der Waals surface area contributed by atoms with Crippen LogP contribution in [0.3, 0.4) is 0 Å². The van der Waals surface area contributed by atoms with Crippen LogP contribution < -0.4 is 4.74 Å². The molecule has 0 saturated carbocycles. The van der Waals surface area contributed by atoms with Crippen LogP contribution >= 0.6 is 15.9 Å². The number of hydrogen-bond donors (Lipinski definition) is 1. The largest absolute Gasteiger partial charge is 0.493 e. The monoisotopic (exact) mass is 324 g/mol. The topological polar surface area (TPSA) is 29.5 Å². The number of halogens is 2. The van der Waals surface area contributed by atoms with E-state index in [4.69, 9.17) is 4.74 Å². The molecule has 0 aliphatic heterocycles. The van der Waals surface area contributed by atoms with Crippen molar-refractivity contribution >= 4 is 15.9 Å². The SMILES string of the molecule is CCOc1ccc(Br)cc1C(O)c1cccc(F)c1. The lowest BCUT2D eigenvalue weighted by Gasteiger charge is -2.16. The maximum Gasteiger partial charge on any atom is 0.125 e. The van der Waals surface area contributed by atoms with Gasteiger partial charge in [-0.1, -0.05) is 28.1 Å². The predicted octanol–water partition coefficient (Wildman–Crippen LogP) is 4.07. The Labute approximate surface area is 120 Å². The molecule has 1 atom stereocenters. The van der Waals surface area contributed by atoms with E-state index < -0.39 is 6.10 Å².